The van der Waals surface area contributed by atoms with Gasteiger partial charge in [0.25, 0.3) is 11.4 Å². The molecule has 0 radical (unpaired) electrons. The number of carbonyl (C=O) groups is 2. The lowest BCUT2D eigenvalue weighted by Gasteiger charge is -2.35. The van der Waals surface area contributed by atoms with Crippen molar-refractivity contribution in [2.75, 3.05) is 39.3 Å². The van der Waals surface area contributed by atoms with E-state index in [9.17, 15) is 29.8 Å². The molecular weight excluding hydrogens is 535 g/mol. The molecule has 0 N–H and O–H groups in total. The largest absolute Gasteiger partial charge is 0.296 e. The zero-order chi connectivity index (χ0) is 28.0. The van der Waals surface area contributed by atoms with Gasteiger partial charge in [-0.15, -0.1) is 0 Å². The lowest BCUT2D eigenvalue weighted by molar-refractivity contribution is -0.385. The van der Waals surface area contributed by atoms with Crippen LogP contribution < -0.4 is 0 Å². The second-order valence-electron chi connectivity index (χ2n) is 8.92. The third kappa shape index (κ3) is 7.78. The minimum atomic E-state index is -0.517. The highest BCUT2D eigenvalue weighted by Crippen LogP contribution is 2.27. The Labute approximate surface area is 229 Å². The number of ketones is 2. The topological polar surface area (TPSA) is 127 Å². The van der Waals surface area contributed by atoms with Gasteiger partial charge in [0, 0.05) is 72.6 Å². The van der Waals surface area contributed by atoms with Gasteiger partial charge in [-0.2, -0.15) is 0 Å². The number of hydrogen-bond donors (Lipinski definition) is 0. The summed E-state index contributed by atoms with van der Waals surface area (Å²) in [7, 11) is 0. The first-order chi connectivity index (χ1) is 17.9. The van der Waals surface area contributed by atoms with Crippen LogP contribution in [0, 0.1) is 20.2 Å². The van der Waals surface area contributed by atoms with Gasteiger partial charge < -0.3 is 0 Å². The Morgan fingerprint density at radius 1 is 0.763 bits per heavy atom. The molecule has 0 spiro atoms. The Kier molecular flexibility index (Phi) is 9.87. The molecule has 0 atom stereocenters. The van der Waals surface area contributed by atoms with Crippen molar-refractivity contribution < 1.29 is 19.4 Å². The van der Waals surface area contributed by atoms with Crippen molar-refractivity contribution in [1.82, 2.24) is 9.80 Å². The van der Waals surface area contributed by atoms with E-state index in [1.54, 1.807) is 0 Å². The minimum Gasteiger partial charge on any atom is -0.296 e. The van der Waals surface area contributed by atoms with E-state index in [0.717, 1.165) is 0 Å². The van der Waals surface area contributed by atoms with Gasteiger partial charge in [0.15, 0.2) is 11.6 Å². The van der Waals surface area contributed by atoms with Gasteiger partial charge in [-0.3, -0.25) is 39.6 Å². The number of nitrogens with zero attached hydrogens (tertiary/aromatic N) is 4. The highest BCUT2D eigenvalue weighted by molar-refractivity contribution is 6.31. The van der Waals surface area contributed by atoms with Crippen LogP contribution in [0.2, 0.25) is 10.0 Å². The Hall–Kier alpha value is -3.44. The molecule has 0 unspecified atom stereocenters. The molecule has 0 aromatic heterocycles. The normalized spacial score (nSPS) is 15.4. The van der Waals surface area contributed by atoms with Gasteiger partial charge in [-0.25, -0.2) is 0 Å². The molecule has 3 rings (SSSR count). The van der Waals surface area contributed by atoms with E-state index in [2.05, 4.69) is 9.80 Å². The number of nitro benzene ring substituents is 2. The summed E-state index contributed by atoms with van der Waals surface area (Å²) in [5.74, 6) is -0.404. The molecule has 1 fully saturated rings. The number of benzene rings is 2. The summed E-state index contributed by atoms with van der Waals surface area (Å²) in [6, 6.07) is 8.39. The summed E-state index contributed by atoms with van der Waals surface area (Å²) in [6.45, 7) is 5.79. The predicted molar refractivity (Wildman–Crippen MR) is 146 cm³/mol. The zero-order valence-electron chi connectivity index (χ0n) is 20.9. The number of hydrogen-bond acceptors (Lipinski definition) is 8. The molecule has 1 heterocycles. The van der Waals surface area contributed by atoms with Crippen LogP contribution in [0.25, 0.3) is 12.2 Å². The fourth-order valence-electron chi connectivity index (χ4n) is 4.09. The molecule has 1 saturated heterocycles. The van der Waals surface area contributed by atoms with Crippen molar-refractivity contribution in [1.29, 1.82) is 0 Å². The number of Topliss-reactive ketones (excluding diaryl/α,β-unsaturated/α-hetero) is 2. The molecule has 10 nitrogen and oxygen atoms in total. The highest BCUT2D eigenvalue weighted by Gasteiger charge is 2.22. The summed E-state index contributed by atoms with van der Waals surface area (Å²) >= 11 is 12.0. The number of carbonyl (C=O) groups excluding carboxylic acids is 2. The van der Waals surface area contributed by atoms with E-state index in [1.807, 2.05) is 0 Å². The van der Waals surface area contributed by atoms with Crippen LogP contribution in [0.4, 0.5) is 11.4 Å². The fourth-order valence-corrected chi connectivity index (χ4v) is 4.46. The first-order valence-electron chi connectivity index (χ1n) is 11.7. The molecule has 2 aromatic carbocycles. The SMILES string of the molecule is CC(=O)/C(=C/c1cc(Cl)ccc1[N+](=O)[O-])CN1CCN(C/C(=C\c2cc(Cl)ccc2[N+](=O)[O-])C(C)=O)CC1. The maximum atomic E-state index is 12.3. The summed E-state index contributed by atoms with van der Waals surface area (Å²) < 4.78 is 0. The Balaban J connectivity index is 1.72. The zero-order valence-corrected chi connectivity index (χ0v) is 22.4. The van der Waals surface area contributed by atoms with E-state index < -0.39 is 9.85 Å². The second-order valence-corrected chi connectivity index (χ2v) is 9.80. The molecule has 1 aliphatic heterocycles. The third-order valence-electron chi connectivity index (χ3n) is 6.19. The molecule has 0 aliphatic carbocycles. The van der Waals surface area contributed by atoms with Crippen molar-refractivity contribution >= 4 is 58.3 Å². The second kappa shape index (κ2) is 12.9. The maximum Gasteiger partial charge on any atom is 0.276 e. The molecule has 0 amide bonds. The minimum absolute atomic E-state index is 0.138. The van der Waals surface area contributed by atoms with Gasteiger partial charge in [-0.05, 0) is 50.3 Å². The quantitative estimate of drug-likeness (QED) is 0.224. The monoisotopic (exact) mass is 560 g/mol. The van der Waals surface area contributed by atoms with Gasteiger partial charge in [-0.1, -0.05) is 23.2 Å². The number of piperazine rings is 1. The summed E-state index contributed by atoms with van der Waals surface area (Å²) in [5, 5.41) is 23.4. The van der Waals surface area contributed by atoms with E-state index in [-0.39, 0.29) is 34.1 Å². The molecule has 1 aliphatic rings. The highest BCUT2D eigenvalue weighted by atomic mass is 35.5. The fraction of sp³-hybridized carbons (Fsp3) is 0.308. The Morgan fingerprint density at radius 3 is 1.39 bits per heavy atom. The molecule has 38 heavy (non-hydrogen) atoms. The van der Waals surface area contributed by atoms with Crippen LogP contribution in [-0.2, 0) is 9.59 Å². The smallest absolute Gasteiger partial charge is 0.276 e. The van der Waals surface area contributed by atoms with Gasteiger partial charge in [0.2, 0.25) is 0 Å². The average molecular weight is 561 g/mol. The van der Waals surface area contributed by atoms with Crippen molar-refractivity contribution in [2.45, 2.75) is 13.8 Å². The molecule has 200 valence electrons. The van der Waals surface area contributed by atoms with Gasteiger partial charge in [0.05, 0.1) is 21.0 Å². The van der Waals surface area contributed by atoms with Crippen molar-refractivity contribution in [3.63, 3.8) is 0 Å². The van der Waals surface area contributed by atoms with Crippen molar-refractivity contribution in [3.05, 3.63) is 88.9 Å². The first-order valence-corrected chi connectivity index (χ1v) is 12.5. The van der Waals surface area contributed by atoms with E-state index >= 15 is 0 Å². The average Bonchev–Trinajstić information content (AvgIpc) is 2.84. The van der Waals surface area contributed by atoms with Crippen molar-refractivity contribution in [3.8, 4) is 0 Å². The number of rotatable bonds is 10. The van der Waals surface area contributed by atoms with E-state index in [1.165, 1.54) is 62.4 Å². The van der Waals surface area contributed by atoms with E-state index in [4.69, 9.17) is 23.2 Å². The maximum absolute atomic E-state index is 12.3. The number of nitro groups is 2. The van der Waals surface area contributed by atoms with Crippen molar-refractivity contribution in [2.24, 2.45) is 0 Å². The Bertz CT molecular complexity index is 1230. The van der Waals surface area contributed by atoms with Crippen LogP contribution in [0.3, 0.4) is 0 Å². The van der Waals surface area contributed by atoms with Crippen LogP contribution in [0.1, 0.15) is 25.0 Å². The van der Waals surface area contributed by atoms with Crippen LogP contribution >= 0.6 is 23.2 Å². The summed E-state index contributed by atoms with van der Waals surface area (Å²) in [4.78, 5) is 50.5. The van der Waals surface area contributed by atoms with E-state index in [0.29, 0.717) is 60.5 Å². The first kappa shape index (κ1) is 29.1. The number of halogens is 2. The summed E-state index contributed by atoms with van der Waals surface area (Å²) in [6.07, 6.45) is 3.01. The molecule has 0 saturated carbocycles. The molecular formula is C26H26Cl2N4O6. The third-order valence-corrected chi connectivity index (χ3v) is 6.66. The molecule has 0 bridgehead atoms. The lowest BCUT2D eigenvalue weighted by atomic mass is 10.0. The van der Waals surface area contributed by atoms with Gasteiger partial charge in [0.1, 0.15) is 0 Å². The van der Waals surface area contributed by atoms with Crippen LogP contribution in [0.5, 0.6) is 0 Å². The van der Waals surface area contributed by atoms with Gasteiger partial charge >= 0.3 is 0 Å². The van der Waals surface area contributed by atoms with Crippen LogP contribution in [-0.4, -0.2) is 70.5 Å². The standard InChI is InChI=1S/C26H26Cl2N4O6/c1-17(33)21(11-19-13-23(27)3-5-25(19)31(35)36)15-29-7-9-30(10-8-29)16-22(18(2)34)12-20-14-24(28)4-6-26(20)32(37)38/h3-6,11-14H,7-10,15-16H2,1-2H3/b21-11+,22-12+. The molecule has 2 aromatic rings. The summed E-state index contributed by atoms with van der Waals surface area (Å²) in [5.41, 5.74) is 1.08. The molecule has 12 heteroatoms. The van der Waals surface area contributed by atoms with Crippen LogP contribution in [0.15, 0.2) is 47.5 Å². The predicted octanol–water partition coefficient (Wildman–Crippen LogP) is 5.07. The Morgan fingerprint density at radius 2 is 1.11 bits per heavy atom. The lowest BCUT2D eigenvalue weighted by Crippen LogP contribution is -2.47.